The number of alkyl halides is 3. The van der Waals surface area contributed by atoms with E-state index < -0.39 is 17.8 Å². The number of hydrogen-bond acceptors (Lipinski definition) is 4. The number of nitrogens with one attached hydrogen (secondary N) is 1. The van der Waals surface area contributed by atoms with E-state index in [0.29, 0.717) is 24.9 Å². The fourth-order valence-electron chi connectivity index (χ4n) is 4.21. The lowest BCUT2D eigenvalue weighted by Crippen LogP contribution is -2.42. The number of nitrogens with zero attached hydrogens (tertiary/aromatic N) is 3. The van der Waals surface area contributed by atoms with Crippen molar-refractivity contribution in [3.8, 4) is 0 Å². The normalized spacial score (nSPS) is 16.9. The summed E-state index contributed by atoms with van der Waals surface area (Å²) in [5.74, 6) is -0.831. The van der Waals surface area contributed by atoms with Crippen LogP contribution in [0, 0.1) is 12.8 Å². The van der Waals surface area contributed by atoms with E-state index in [1.165, 1.54) is 6.07 Å². The highest BCUT2D eigenvalue weighted by Gasteiger charge is 2.40. The summed E-state index contributed by atoms with van der Waals surface area (Å²) in [4.78, 5) is 22.8. The molecular formula is C24H25F3N4O. The number of fused-ring (bicyclic) bond motifs is 1. The van der Waals surface area contributed by atoms with Crippen LogP contribution >= 0.6 is 0 Å². The number of hydrogen-bond donors (Lipinski definition) is 1. The van der Waals surface area contributed by atoms with Gasteiger partial charge in [-0.2, -0.15) is 13.2 Å². The molecule has 0 saturated carbocycles. The predicted molar refractivity (Wildman–Crippen MR) is 119 cm³/mol. The Hall–Kier alpha value is -3.16. The highest BCUT2D eigenvalue weighted by atomic mass is 19.4. The summed E-state index contributed by atoms with van der Waals surface area (Å²) in [5.41, 5.74) is 2.37. The average molecular weight is 442 g/mol. The van der Waals surface area contributed by atoms with E-state index in [2.05, 4.69) is 15.3 Å². The lowest BCUT2D eigenvalue weighted by molar-refractivity contribution is -0.140. The third kappa shape index (κ3) is 4.40. The summed E-state index contributed by atoms with van der Waals surface area (Å²) in [6.45, 7) is 4.51. The third-order valence-electron chi connectivity index (χ3n) is 5.90. The minimum atomic E-state index is -4.64. The third-order valence-corrected chi connectivity index (χ3v) is 5.90. The van der Waals surface area contributed by atoms with Crippen molar-refractivity contribution < 1.29 is 18.0 Å². The zero-order valence-corrected chi connectivity index (χ0v) is 18.0. The lowest BCUT2D eigenvalue weighted by Gasteiger charge is -2.34. The maximum atomic E-state index is 13.8. The van der Waals surface area contributed by atoms with Crippen molar-refractivity contribution in [2.24, 2.45) is 5.92 Å². The van der Waals surface area contributed by atoms with Gasteiger partial charge in [-0.1, -0.05) is 37.3 Å². The molecule has 8 heteroatoms. The number of aryl methyl sites for hydroxylation is 2. The minimum Gasteiger partial charge on any atom is -0.354 e. The molecule has 0 radical (unpaired) electrons. The summed E-state index contributed by atoms with van der Waals surface area (Å²) in [6.07, 6.45) is -2.66. The van der Waals surface area contributed by atoms with Crippen molar-refractivity contribution in [3.63, 3.8) is 0 Å². The van der Waals surface area contributed by atoms with E-state index in [0.717, 1.165) is 23.2 Å². The Kier molecular flexibility index (Phi) is 6.04. The van der Waals surface area contributed by atoms with E-state index in [1.807, 2.05) is 32.0 Å². The van der Waals surface area contributed by atoms with Crippen LogP contribution in [-0.4, -0.2) is 29.0 Å². The first-order chi connectivity index (χ1) is 15.3. The Labute approximate surface area is 184 Å². The van der Waals surface area contributed by atoms with E-state index in [9.17, 15) is 18.0 Å². The highest BCUT2D eigenvalue weighted by Crippen LogP contribution is 2.37. The SMILES string of the molecule is CCc1cccc(C)c1NC(=O)C1CCCN(c2nc3ccccc3nc2C(F)(F)F)C1. The number of halogens is 3. The van der Waals surface area contributed by atoms with Gasteiger partial charge in [0.2, 0.25) is 5.91 Å². The minimum absolute atomic E-state index is 0.162. The van der Waals surface area contributed by atoms with Crippen LogP contribution in [0.4, 0.5) is 24.7 Å². The van der Waals surface area contributed by atoms with Gasteiger partial charge >= 0.3 is 6.18 Å². The lowest BCUT2D eigenvalue weighted by atomic mass is 9.96. The molecule has 1 N–H and O–H groups in total. The number of rotatable bonds is 4. The molecule has 1 aliphatic rings. The molecule has 0 spiro atoms. The average Bonchev–Trinajstić information content (AvgIpc) is 2.79. The molecule has 4 rings (SSSR count). The van der Waals surface area contributed by atoms with Gasteiger partial charge in [0.05, 0.1) is 17.0 Å². The first-order valence-corrected chi connectivity index (χ1v) is 10.8. The van der Waals surface area contributed by atoms with Gasteiger partial charge in [0.25, 0.3) is 0 Å². The maximum Gasteiger partial charge on any atom is 0.437 e. The van der Waals surface area contributed by atoms with Crippen molar-refractivity contribution in [2.75, 3.05) is 23.3 Å². The number of carbonyl (C=O) groups excluding carboxylic acids is 1. The molecule has 1 aromatic heterocycles. The van der Waals surface area contributed by atoms with Gasteiger partial charge in [0, 0.05) is 18.8 Å². The zero-order valence-electron chi connectivity index (χ0n) is 18.0. The van der Waals surface area contributed by atoms with Crippen LogP contribution in [0.25, 0.3) is 11.0 Å². The van der Waals surface area contributed by atoms with E-state index in [1.54, 1.807) is 23.1 Å². The molecule has 32 heavy (non-hydrogen) atoms. The Morgan fingerprint density at radius 1 is 1.12 bits per heavy atom. The van der Waals surface area contributed by atoms with Gasteiger partial charge in [0.1, 0.15) is 0 Å². The Morgan fingerprint density at radius 2 is 1.84 bits per heavy atom. The van der Waals surface area contributed by atoms with Crippen molar-refractivity contribution in [1.82, 2.24) is 9.97 Å². The number of para-hydroxylation sites is 3. The molecule has 1 amide bonds. The molecule has 1 aliphatic heterocycles. The van der Waals surface area contributed by atoms with Crippen molar-refractivity contribution in [3.05, 3.63) is 59.3 Å². The van der Waals surface area contributed by atoms with Crippen LogP contribution in [0.1, 0.15) is 36.6 Å². The van der Waals surface area contributed by atoms with Gasteiger partial charge in [-0.25, -0.2) is 9.97 Å². The van der Waals surface area contributed by atoms with Crippen molar-refractivity contribution in [2.45, 2.75) is 39.3 Å². The molecule has 1 saturated heterocycles. The van der Waals surface area contributed by atoms with E-state index in [-0.39, 0.29) is 23.8 Å². The van der Waals surface area contributed by atoms with Crippen LogP contribution in [0.15, 0.2) is 42.5 Å². The number of carbonyl (C=O) groups is 1. The molecule has 168 valence electrons. The molecule has 2 heterocycles. The molecule has 5 nitrogen and oxygen atoms in total. The molecule has 0 bridgehead atoms. The number of aromatic nitrogens is 2. The summed E-state index contributed by atoms with van der Waals surface area (Å²) >= 11 is 0. The Morgan fingerprint density at radius 3 is 2.53 bits per heavy atom. The maximum absolute atomic E-state index is 13.8. The Bertz CT molecular complexity index is 1150. The number of anilines is 2. The zero-order chi connectivity index (χ0) is 22.9. The van der Waals surface area contributed by atoms with Crippen LogP contribution in [-0.2, 0) is 17.4 Å². The van der Waals surface area contributed by atoms with Gasteiger partial charge in [-0.05, 0) is 49.4 Å². The number of piperidine rings is 1. The Balaban J connectivity index is 1.62. The first kappa shape index (κ1) is 22.0. The van der Waals surface area contributed by atoms with E-state index in [4.69, 9.17) is 0 Å². The summed E-state index contributed by atoms with van der Waals surface area (Å²) in [7, 11) is 0. The topological polar surface area (TPSA) is 58.1 Å². The van der Waals surface area contributed by atoms with Gasteiger partial charge < -0.3 is 10.2 Å². The van der Waals surface area contributed by atoms with Crippen LogP contribution in [0.2, 0.25) is 0 Å². The quantitative estimate of drug-likeness (QED) is 0.590. The smallest absolute Gasteiger partial charge is 0.354 e. The summed E-state index contributed by atoms with van der Waals surface area (Å²) in [6, 6.07) is 12.4. The molecular weight excluding hydrogens is 417 g/mol. The highest BCUT2D eigenvalue weighted by molar-refractivity contribution is 5.94. The standard InChI is InChI=1S/C24H25F3N4O/c1-3-16-9-6-8-15(2)20(16)30-23(32)17-10-7-13-31(14-17)22-21(24(25,26)27)28-18-11-4-5-12-19(18)29-22/h4-6,8-9,11-12,17H,3,7,10,13-14H2,1-2H3,(H,30,32). The second-order valence-electron chi connectivity index (χ2n) is 8.12. The number of benzene rings is 2. The largest absolute Gasteiger partial charge is 0.437 e. The fourth-order valence-corrected chi connectivity index (χ4v) is 4.21. The fraction of sp³-hybridized carbons (Fsp3) is 0.375. The van der Waals surface area contributed by atoms with Gasteiger partial charge in [-0.15, -0.1) is 0 Å². The van der Waals surface area contributed by atoms with Crippen molar-refractivity contribution >= 4 is 28.4 Å². The summed E-state index contributed by atoms with van der Waals surface area (Å²) in [5, 5.41) is 3.02. The van der Waals surface area contributed by atoms with Crippen LogP contribution < -0.4 is 10.2 Å². The molecule has 1 atom stereocenters. The molecule has 0 aliphatic carbocycles. The molecule has 3 aromatic rings. The molecule has 1 unspecified atom stereocenters. The molecule has 1 fully saturated rings. The number of amides is 1. The van der Waals surface area contributed by atoms with E-state index >= 15 is 0 Å². The second kappa shape index (κ2) is 8.76. The monoisotopic (exact) mass is 442 g/mol. The predicted octanol–water partition coefficient (Wildman–Crippen LogP) is 5.37. The van der Waals surface area contributed by atoms with Gasteiger partial charge in [-0.3, -0.25) is 4.79 Å². The van der Waals surface area contributed by atoms with Gasteiger partial charge in [0.15, 0.2) is 11.5 Å². The molecule has 2 aromatic carbocycles. The first-order valence-electron chi connectivity index (χ1n) is 10.8. The van der Waals surface area contributed by atoms with Crippen LogP contribution in [0.3, 0.4) is 0 Å². The summed E-state index contributed by atoms with van der Waals surface area (Å²) < 4.78 is 41.4. The van der Waals surface area contributed by atoms with Crippen LogP contribution in [0.5, 0.6) is 0 Å². The second-order valence-corrected chi connectivity index (χ2v) is 8.12. The van der Waals surface area contributed by atoms with Crippen molar-refractivity contribution in [1.29, 1.82) is 0 Å².